The average Bonchev–Trinajstić information content (AvgIpc) is 3.07. The van der Waals surface area contributed by atoms with Crippen LogP contribution in [0, 0.1) is 0 Å². The number of carbonyl (C=O) groups is 2. The minimum absolute atomic E-state index is 0.0379. The summed E-state index contributed by atoms with van der Waals surface area (Å²) >= 11 is 0. The van der Waals surface area contributed by atoms with Crippen molar-refractivity contribution in [2.45, 2.75) is 6.18 Å². The number of hydrogen-bond donors (Lipinski definition) is 3. The number of fused-ring (bicyclic) bond motifs is 2. The maximum absolute atomic E-state index is 14.1. The van der Waals surface area contributed by atoms with Crippen molar-refractivity contribution >= 4 is 33.3 Å². The maximum atomic E-state index is 14.1. The van der Waals surface area contributed by atoms with E-state index in [9.17, 15) is 28.2 Å². The largest absolute Gasteiger partial charge is 0.504 e. The molecule has 0 spiro atoms. The van der Waals surface area contributed by atoms with E-state index in [0.717, 1.165) is 32.7 Å². The van der Waals surface area contributed by atoms with Gasteiger partial charge < -0.3 is 24.8 Å². The highest BCUT2D eigenvalue weighted by atomic mass is 19.4. The molecule has 12 heteroatoms. The number of pyridine rings is 2. The van der Waals surface area contributed by atoms with Crippen LogP contribution in [0.4, 0.5) is 13.2 Å². The van der Waals surface area contributed by atoms with Gasteiger partial charge in [-0.05, 0) is 47.2 Å². The maximum Gasteiger partial charge on any atom is 0.490 e. The van der Waals surface area contributed by atoms with Gasteiger partial charge in [0.25, 0.3) is 0 Å². The molecule has 0 aliphatic carbocycles. The predicted octanol–water partition coefficient (Wildman–Crippen LogP) is 7.41. The van der Waals surface area contributed by atoms with Crippen LogP contribution in [0.3, 0.4) is 0 Å². The van der Waals surface area contributed by atoms with Crippen molar-refractivity contribution in [2.24, 2.45) is 0 Å². The topological polar surface area (TPSA) is 139 Å². The number of hydrogen-bond acceptors (Lipinski definition) is 8. The Bertz CT molecular complexity index is 2010. The van der Waals surface area contributed by atoms with E-state index in [4.69, 9.17) is 19.4 Å². The first-order valence-electron chi connectivity index (χ1n) is 13.8. The Morgan fingerprint density at radius 3 is 1.34 bits per heavy atom. The summed E-state index contributed by atoms with van der Waals surface area (Å²) in [5.74, 6) is -2.20. The van der Waals surface area contributed by atoms with Crippen molar-refractivity contribution < 1.29 is 47.6 Å². The molecule has 238 valence electrons. The number of ketones is 1. The Balaban J connectivity index is 0.000000559. The van der Waals surface area contributed by atoms with Gasteiger partial charge in [0.05, 0.1) is 25.6 Å². The zero-order chi connectivity index (χ0) is 33.9. The smallest absolute Gasteiger partial charge is 0.490 e. The van der Waals surface area contributed by atoms with Gasteiger partial charge in [0.15, 0.2) is 28.8 Å². The number of ether oxygens (including phenoxy) is 2. The van der Waals surface area contributed by atoms with Crippen molar-refractivity contribution in [3.63, 3.8) is 0 Å². The highest BCUT2D eigenvalue weighted by Gasteiger charge is 2.38. The molecule has 0 unspecified atom stereocenters. The molecule has 0 bridgehead atoms. The number of methoxy groups -OCH3 is 2. The third-order valence-electron chi connectivity index (χ3n) is 7.23. The van der Waals surface area contributed by atoms with Gasteiger partial charge in [0.2, 0.25) is 0 Å². The second kappa shape index (κ2) is 13.1. The lowest BCUT2D eigenvalue weighted by molar-refractivity contribution is -0.192. The second-order valence-electron chi connectivity index (χ2n) is 10.0. The fourth-order valence-corrected chi connectivity index (χ4v) is 5.00. The highest BCUT2D eigenvalue weighted by Crippen LogP contribution is 2.37. The van der Waals surface area contributed by atoms with Crippen LogP contribution in [0.5, 0.6) is 23.0 Å². The summed E-state index contributed by atoms with van der Waals surface area (Å²) in [5, 5.41) is 30.3. The molecular weight excluding hydrogens is 617 g/mol. The summed E-state index contributed by atoms with van der Waals surface area (Å²) in [6, 6.07) is 25.3. The third kappa shape index (κ3) is 6.47. The van der Waals surface area contributed by atoms with Crippen molar-refractivity contribution in [3.8, 4) is 45.5 Å². The molecule has 4 aromatic carbocycles. The van der Waals surface area contributed by atoms with E-state index in [1.165, 1.54) is 14.2 Å². The molecule has 0 saturated carbocycles. The normalized spacial score (nSPS) is 11.1. The Hall–Kier alpha value is -6.17. The van der Waals surface area contributed by atoms with E-state index >= 15 is 0 Å². The van der Waals surface area contributed by atoms with Gasteiger partial charge in [-0.15, -0.1) is 0 Å². The molecule has 3 N–H and O–H groups in total. The van der Waals surface area contributed by atoms with Crippen LogP contribution < -0.4 is 9.47 Å². The summed E-state index contributed by atoms with van der Waals surface area (Å²) < 4.78 is 42.3. The lowest BCUT2D eigenvalue weighted by atomic mass is 9.93. The van der Waals surface area contributed by atoms with Crippen LogP contribution >= 0.6 is 0 Å². The molecule has 6 aromatic rings. The first-order valence-corrected chi connectivity index (χ1v) is 13.8. The Labute approximate surface area is 265 Å². The number of nitrogens with zero attached hydrogens (tertiary/aromatic N) is 2. The van der Waals surface area contributed by atoms with Crippen molar-refractivity contribution in [1.29, 1.82) is 0 Å². The number of alkyl halides is 3. The van der Waals surface area contributed by atoms with Crippen LogP contribution in [0.15, 0.2) is 97.3 Å². The van der Waals surface area contributed by atoms with Crippen LogP contribution in [0.2, 0.25) is 0 Å². The van der Waals surface area contributed by atoms with Crippen molar-refractivity contribution in [3.05, 3.63) is 108 Å². The van der Waals surface area contributed by atoms with E-state index in [1.54, 1.807) is 48.8 Å². The predicted molar refractivity (Wildman–Crippen MR) is 168 cm³/mol. The van der Waals surface area contributed by atoms with Crippen LogP contribution in [0.25, 0.3) is 44.1 Å². The van der Waals surface area contributed by atoms with Gasteiger partial charge in [0.1, 0.15) is 0 Å². The van der Waals surface area contributed by atoms with Crippen LogP contribution in [-0.4, -0.2) is 57.4 Å². The molecule has 0 aliphatic heterocycles. The van der Waals surface area contributed by atoms with Crippen LogP contribution in [-0.2, 0) is 4.79 Å². The Kier molecular flexibility index (Phi) is 8.95. The number of carbonyl (C=O) groups excluding carboxylic acids is 1. The SMILES string of the molecule is COc1cc(-c2ncc(C(=O)c3cnc(-c4ccc(O)c(OC)c4)c4ccccc34)c3ccccc23)ccc1O.O=C(O)C(F)(F)F. The van der Waals surface area contributed by atoms with E-state index in [1.807, 2.05) is 48.5 Å². The molecule has 6 rings (SSSR count). The lowest BCUT2D eigenvalue weighted by Gasteiger charge is -2.14. The third-order valence-corrected chi connectivity index (χ3v) is 7.23. The molecule has 47 heavy (non-hydrogen) atoms. The summed E-state index contributed by atoms with van der Waals surface area (Å²) in [6.07, 6.45) is -1.90. The minimum atomic E-state index is -5.08. The first kappa shape index (κ1) is 32.2. The Morgan fingerprint density at radius 1 is 0.638 bits per heavy atom. The van der Waals surface area contributed by atoms with Gasteiger partial charge in [-0.1, -0.05) is 48.5 Å². The highest BCUT2D eigenvalue weighted by molar-refractivity contribution is 6.22. The fourth-order valence-electron chi connectivity index (χ4n) is 5.00. The van der Waals surface area contributed by atoms with Gasteiger partial charge in [-0.3, -0.25) is 14.8 Å². The molecule has 0 fully saturated rings. The molecule has 0 aliphatic rings. The van der Waals surface area contributed by atoms with E-state index in [0.29, 0.717) is 34.0 Å². The number of carboxylic acids is 1. The van der Waals surface area contributed by atoms with E-state index < -0.39 is 12.1 Å². The van der Waals surface area contributed by atoms with Gasteiger partial charge in [-0.25, -0.2) is 4.79 Å². The number of phenols is 2. The number of aromatic hydroxyl groups is 2. The number of aliphatic carboxylic acids is 1. The van der Waals surface area contributed by atoms with Crippen molar-refractivity contribution in [2.75, 3.05) is 14.2 Å². The number of aromatic nitrogens is 2. The molecular formula is C35H25F3N2O7. The number of rotatable bonds is 6. The molecule has 0 atom stereocenters. The van der Waals surface area contributed by atoms with Gasteiger partial charge in [-0.2, -0.15) is 13.2 Å². The Morgan fingerprint density at radius 2 is 1.00 bits per heavy atom. The summed E-state index contributed by atoms with van der Waals surface area (Å²) in [7, 11) is 2.99. The number of benzene rings is 4. The summed E-state index contributed by atoms with van der Waals surface area (Å²) in [4.78, 5) is 32.3. The molecule has 2 heterocycles. The quantitative estimate of drug-likeness (QED) is 0.159. The number of phenolic OH excluding ortho intramolecular Hbond substituents is 2. The summed E-state index contributed by atoms with van der Waals surface area (Å²) in [6.45, 7) is 0. The molecule has 2 aromatic heterocycles. The first-order chi connectivity index (χ1) is 22.4. The summed E-state index contributed by atoms with van der Waals surface area (Å²) in [5.41, 5.74) is 3.76. The molecule has 0 amide bonds. The van der Waals surface area contributed by atoms with Crippen molar-refractivity contribution in [1.82, 2.24) is 9.97 Å². The fraction of sp³-hybridized carbons (Fsp3) is 0.0857. The van der Waals surface area contributed by atoms with Crippen LogP contribution in [0.1, 0.15) is 15.9 Å². The lowest BCUT2D eigenvalue weighted by Crippen LogP contribution is -2.21. The number of carboxylic acid groups (broad SMARTS) is 1. The molecule has 9 nitrogen and oxygen atoms in total. The average molecular weight is 643 g/mol. The molecule has 0 saturated heterocycles. The van der Waals surface area contributed by atoms with E-state index in [2.05, 4.69) is 9.97 Å². The minimum Gasteiger partial charge on any atom is -0.504 e. The second-order valence-corrected chi connectivity index (χ2v) is 10.0. The van der Waals surface area contributed by atoms with E-state index in [-0.39, 0.29) is 17.3 Å². The molecule has 0 radical (unpaired) electrons. The number of halogens is 3. The zero-order valence-electron chi connectivity index (χ0n) is 24.7. The van der Waals surface area contributed by atoms with Gasteiger partial charge in [0, 0.05) is 45.4 Å². The standard InChI is InChI=1S/C33H24N2O5.C2HF3O2/c1-39-29-15-19(11-13-27(29)36)31-23-9-5-3-7-21(23)25(17-34-31)33(38)26-18-35-32(24-10-6-4-8-22(24)26)20-12-14-28(37)30(16-20)40-2;3-2(4,5)1(6)7/h3-18,36-37H,1-2H3;(H,6,7). The van der Waals surface area contributed by atoms with Gasteiger partial charge >= 0.3 is 12.1 Å². The monoisotopic (exact) mass is 642 g/mol. The zero-order valence-corrected chi connectivity index (χ0v) is 24.7.